The average Bonchev–Trinajstić information content (AvgIpc) is 2.82. The molecule has 1 aliphatic heterocycles. The number of hydrogen-bond donors (Lipinski definition) is 2. The van der Waals surface area contributed by atoms with Crippen LogP contribution in [-0.4, -0.2) is 41.0 Å². The Bertz CT molecular complexity index is 1230. The van der Waals surface area contributed by atoms with Crippen LogP contribution in [0.2, 0.25) is 0 Å². The van der Waals surface area contributed by atoms with Crippen LogP contribution in [0.5, 0.6) is 5.75 Å². The minimum atomic E-state index is -0.884. The normalized spacial score (nSPS) is 15.9. The minimum absolute atomic E-state index is 0.0168. The van der Waals surface area contributed by atoms with E-state index in [1.807, 2.05) is 6.07 Å². The molecule has 2 aromatic heterocycles. The summed E-state index contributed by atoms with van der Waals surface area (Å²) in [4.78, 5) is 23.9. The molecule has 0 bridgehead atoms. The lowest BCUT2D eigenvalue weighted by Gasteiger charge is -2.33. The number of aromatic nitrogens is 2. The fourth-order valence-corrected chi connectivity index (χ4v) is 4.30. The predicted octanol–water partition coefficient (Wildman–Crippen LogP) is 4.14. The van der Waals surface area contributed by atoms with E-state index in [1.165, 1.54) is 18.2 Å². The van der Waals surface area contributed by atoms with Gasteiger partial charge in [0.25, 0.3) is 0 Å². The molecule has 184 valence electrons. The van der Waals surface area contributed by atoms with E-state index >= 15 is 4.39 Å². The van der Waals surface area contributed by atoms with Crippen molar-refractivity contribution in [2.24, 2.45) is 5.73 Å². The number of carbonyl (C=O) groups excluding carboxylic acids is 1. The summed E-state index contributed by atoms with van der Waals surface area (Å²) in [5.74, 6) is -2.17. The molecule has 0 saturated carbocycles. The van der Waals surface area contributed by atoms with Crippen LogP contribution in [-0.2, 0) is 6.42 Å². The van der Waals surface area contributed by atoms with Crippen molar-refractivity contribution < 1.29 is 18.3 Å². The van der Waals surface area contributed by atoms with Gasteiger partial charge in [-0.2, -0.15) is 0 Å². The van der Waals surface area contributed by atoms with Gasteiger partial charge in [0.05, 0.1) is 23.0 Å². The number of halogens is 2. The molecule has 0 radical (unpaired) electrons. The first-order valence-electron chi connectivity index (χ1n) is 11.6. The standard InChI is InChI=1S/C26H29F2N5O2/c1-15(2)35-23-8-5-18(27)24(25(23)28)20-7-6-19(30)26(32-20)22(34)12-16-13-31-10-9-21(16)33-11-3-4-17(29)14-33/h5-10,13,15,17H,3-4,11-12,14,29-30H2,1-2H3/t17-/m0/s1. The number of Topliss-reactive ketones (excluding diaryl/α,β-unsaturated/α-hetero) is 1. The second-order valence-corrected chi connectivity index (χ2v) is 8.99. The summed E-state index contributed by atoms with van der Waals surface area (Å²) >= 11 is 0. The highest BCUT2D eigenvalue weighted by atomic mass is 19.1. The zero-order valence-electron chi connectivity index (χ0n) is 19.8. The molecule has 1 atom stereocenters. The number of hydrogen-bond acceptors (Lipinski definition) is 7. The number of pyridine rings is 2. The summed E-state index contributed by atoms with van der Waals surface area (Å²) in [6.45, 7) is 5.01. The van der Waals surface area contributed by atoms with Crippen molar-refractivity contribution in [1.29, 1.82) is 0 Å². The Morgan fingerprint density at radius 1 is 1.23 bits per heavy atom. The summed E-state index contributed by atoms with van der Waals surface area (Å²) in [5, 5.41) is 0. The molecule has 4 N–H and O–H groups in total. The number of rotatable bonds is 7. The van der Waals surface area contributed by atoms with Crippen molar-refractivity contribution in [2.75, 3.05) is 23.7 Å². The number of ketones is 1. The van der Waals surface area contributed by atoms with Crippen LogP contribution in [0, 0.1) is 11.6 Å². The van der Waals surface area contributed by atoms with Crippen LogP contribution in [0.1, 0.15) is 42.7 Å². The number of nitrogen functional groups attached to an aromatic ring is 1. The van der Waals surface area contributed by atoms with Crippen LogP contribution in [0.3, 0.4) is 0 Å². The van der Waals surface area contributed by atoms with Crippen molar-refractivity contribution in [2.45, 2.75) is 45.3 Å². The first-order chi connectivity index (χ1) is 16.7. The van der Waals surface area contributed by atoms with Gasteiger partial charge in [0.1, 0.15) is 11.5 Å². The number of nitrogens with two attached hydrogens (primary N) is 2. The average molecular weight is 482 g/mol. The van der Waals surface area contributed by atoms with Gasteiger partial charge in [0.2, 0.25) is 0 Å². The Hall–Kier alpha value is -3.59. The molecule has 1 aliphatic rings. The maximum Gasteiger partial charge on any atom is 0.187 e. The number of anilines is 2. The summed E-state index contributed by atoms with van der Waals surface area (Å²) in [5.41, 5.74) is 13.4. The van der Waals surface area contributed by atoms with E-state index in [1.54, 1.807) is 26.2 Å². The van der Waals surface area contributed by atoms with Gasteiger partial charge in [-0.15, -0.1) is 0 Å². The Labute approximate surface area is 203 Å². The van der Waals surface area contributed by atoms with Crippen molar-refractivity contribution in [1.82, 2.24) is 9.97 Å². The van der Waals surface area contributed by atoms with Gasteiger partial charge in [-0.3, -0.25) is 9.78 Å². The van der Waals surface area contributed by atoms with Crippen LogP contribution < -0.4 is 21.1 Å². The molecule has 1 saturated heterocycles. The molecular weight excluding hydrogens is 452 g/mol. The first kappa shape index (κ1) is 24.5. The number of benzene rings is 1. The molecule has 3 heterocycles. The number of piperidine rings is 1. The molecule has 7 nitrogen and oxygen atoms in total. The molecular formula is C26H29F2N5O2. The quantitative estimate of drug-likeness (QED) is 0.488. The van der Waals surface area contributed by atoms with Gasteiger partial charge in [0.15, 0.2) is 17.3 Å². The summed E-state index contributed by atoms with van der Waals surface area (Å²) in [7, 11) is 0. The molecule has 0 amide bonds. The Morgan fingerprint density at radius 2 is 2.03 bits per heavy atom. The molecule has 3 aromatic rings. The van der Waals surface area contributed by atoms with Crippen molar-refractivity contribution in [3.05, 3.63) is 65.6 Å². The zero-order valence-corrected chi connectivity index (χ0v) is 19.8. The fourth-order valence-electron chi connectivity index (χ4n) is 4.30. The lowest BCUT2D eigenvalue weighted by atomic mass is 10.0. The van der Waals surface area contributed by atoms with Crippen molar-refractivity contribution in [3.63, 3.8) is 0 Å². The Morgan fingerprint density at radius 3 is 2.77 bits per heavy atom. The van der Waals surface area contributed by atoms with Crippen LogP contribution in [0.25, 0.3) is 11.3 Å². The zero-order chi connectivity index (χ0) is 25.1. The number of ether oxygens (including phenoxy) is 1. The molecule has 4 rings (SSSR count). The van der Waals surface area contributed by atoms with Gasteiger partial charge < -0.3 is 21.1 Å². The molecule has 1 aromatic carbocycles. The summed E-state index contributed by atoms with van der Waals surface area (Å²) in [6.07, 6.45) is 4.91. The molecule has 9 heteroatoms. The monoisotopic (exact) mass is 481 g/mol. The maximum atomic E-state index is 15.1. The van der Waals surface area contributed by atoms with E-state index in [0.29, 0.717) is 12.1 Å². The van der Waals surface area contributed by atoms with Gasteiger partial charge in [-0.1, -0.05) is 0 Å². The molecule has 0 spiro atoms. The first-order valence-corrected chi connectivity index (χ1v) is 11.6. The highest BCUT2D eigenvalue weighted by Gasteiger charge is 2.24. The van der Waals surface area contributed by atoms with E-state index in [2.05, 4.69) is 14.9 Å². The van der Waals surface area contributed by atoms with E-state index < -0.39 is 11.6 Å². The third-order valence-corrected chi connectivity index (χ3v) is 5.89. The molecule has 1 fully saturated rings. The van der Waals surface area contributed by atoms with Crippen LogP contribution in [0.15, 0.2) is 42.7 Å². The fraction of sp³-hybridized carbons (Fsp3) is 0.346. The molecule has 0 aliphatic carbocycles. The smallest absolute Gasteiger partial charge is 0.187 e. The minimum Gasteiger partial charge on any atom is -0.488 e. The van der Waals surface area contributed by atoms with Gasteiger partial charge in [0, 0.05) is 49.2 Å². The lowest BCUT2D eigenvalue weighted by Crippen LogP contribution is -2.43. The number of nitrogens with zero attached hydrogens (tertiary/aromatic N) is 3. The maximum absolute atomic E-state index is 15.1. The van der Waals surface area contributed by atoms with E-state index in [4.69, 9.17) is 16.2 Å². The Kier molecular flexibility index (Phi) is 7.25. The summed E-state index contributed by atoms with van der Waals surface area (Å²) < 4.78 is 35.2. The van der Waals surface area contributed by atoms with Gasteiger partial charge >= 0.3 is 0 Å². The molecule has 35 heavy (non-hydrogen) atoms. The highest BCUT2D eigenvalue weighted by molar-refractivity contribution is 6.01. The van der Waals surface area contributed by atoms with Gasteiger partial charge in [-0.05, 0) is 57.0 Å². The van der Waals surface area contributed by atoms with E-state index in [9.17, 15) is 9.18 Å². The van der Waals surface area contributed by atoms with Crippen molar-refractivity contribution >= 4 is 17.2 Å². The number of carbonyl (C=O) groups is 1. The lowest BCUT2D eigenvalue weighted by molar-refractivity contribution is 0.0989. The highest BCUT2D eigenvalue weighted by Crippen LogP contribution is 2.33. The largest absolute Gasteiger partial charge is 0.488 e. The second-order valence-electron chi connectivity index (χ2n) is 8.99. The predicted molar refractivity (Wildman–Crippen MR) is 131 cm³/mol. The SMILES string of the molecule is CC(C)Oc1ccc(F)c(-c2ccc(N)c(C(=O)Cc3cnccc3N3CCC[C@H](N)C3)n2)c1F. The van der Waals surface area contributed by atoms with Gasteiger partial charge in [-0.25, -0.2) is 13.8 Å². The van der Waals surface area contributed by atoms with Crippen LogP contribution in [0.4, 0.5) is 20.2 Å². The van der Waals surface area contributed by atoms with E-state index in [0.717, 1.165) is 31.1 Å². The third kappa shape index (κ3) is 5.40. The Balaban J connectivity index is 1.66. The summed E-state index contributed by atoms with van der Waals surface area (Å²) in [6, 6.07) is 7.08. The van der Waals surface area contributed by atoms with Crippen LogP contribution >= 0.6 is 0 Å². The third-order valence-electron chi connectivity index (χ3n) is 5.89. The molecule has 0 unspecified atom stereocenters. The van der Waals surface area contributed by atoms with Crippen molar-refractivity contribution in [3.8, 4) is 17.0 Å². The topological polar surface area (TPSA) is 107 Å². The second kappa shape index (κ2) is 10.4. The van der Waals surface area contributed by atoms with E-state index in [-0.39, 0.29) is 52.7 Å².